The van der Waals surface area contributed by atoms with Gasteiger partial charge in [0, 0.05) is 37.8 Å². The summed E-state index contributed by atoms with van der Waals surface area (Å²) in [6.07, 6.45) is 0. The molecule has 0 aliphatic carbocycles. The van der Waals surface area contributed by atoms with Gasteiger partial charge in [0.05, 0.1) is 18.2 Å². The van der Waals surface area contributed by atoms with Crippen molar-refractivity contribution in [2.45, 2.75) is 19.9 Å². The van der Waals surface area contributed by atoms with Crippen LogP contribution in [0.5, 0.6) is 0 Å². The lowest BCUT2D eigenvalue weighted by Crippen LogP contribution is -2.51. The Morgan fingerprint density at radius 1 is 1.17 bits per heavy atom. The Morgan fingerprint density at radius 3 is 2.30 bits per heavy atom. The molecule has 6 heteroatoms. The molecule has 0 spiro atoms. The van der Waals surface area contributed by atoms with E-state index in [1.165, 1.54) is 0 Å². The van der Waals surface area contributed by atoms with E-state index in [0.717, 1.165) is 0 Å². The van der Waals surface area contributed by atoms with Crippen LogP contribution in [0.1, 0.15) is 29.8 Å². The Kier molecular flexibility index (Phi) is 5.72. The molecule has 1 saturated heterocycles. The van der Waals surface area contributed by atoms with Gasteiger partial charge >= 0.3 is 0 Å². The quantitative estimate of drug-likeness (QED) is 0.893. The highest BCUT2D eigenvalue weighted by Gasteiger charge is 2.23. The summed E-state index contributed by atoms with van der Waals surface area (Å²) in [7, 11) is 0. The van der Waals surface area contributed by atoms with Crippen molar-refractivity contribution in [3.05, 3.63) is 35.4 Å². The van der Waals surface area contributed by atoms with E-state index in [4.69, 9.17) is 5.26 Å². The highest BCUT2D eigenvalue weighted by atomic mass is 16.2. The van der Waals surface area contributed by atoms with Crippen molar-refractivity contribution in [1.29, 1.82) is 5.26 Å². The van der Waals surface area contributed by atoms with Gasteiger partial charge in [0.2, 0.25) is 5.91 Å². The van der Waals surface area contributed by atoms with Crippen LogP contribution in [0.25, 0.3) is 0 Å². The number of hydrogen-bond donors (Lipinski definition) is 1. The molecule has 1 aromatic carbocycles. The third-order valence-corrected chi connectivity index (χ3v) is 3.74. The Labute approximate surface area is 136 Å². The summed E-state index contributed by atoms with van der Waals surface area (Å²) in [6, 6.07) is 8.85. The molecule has 0 bridgehead atoms. The first-order chi connectivity index (χ1) is 11.0. The standard InChI is InChI=1S/C17H22N4O2/c1-13(2)19-16(22)12-20-7-9-21(10-8-20)17(23)15-5-3-14(11-18)4-6-15/h3-6,13H,7-10,12H2,1-2H3,(H,19,22). The lowest BCUT2D eigenvalue weighted by atomic mass is 10.1. The average Bonchev–Trinajstić information content (AvgIpc) is 2.54. The second-order valence-electron chi connectivity index (χ2n) is 5.98. The lowest BCUT2D eigenvalue weighted by molar-refractivity contribution is -0.123. The molecular weight excluding hydrogens is 292 g/mol. The molecule has 0 radical (unpaired) electrons. The zero-order valence-corrected chi connectivity index (χ0v) is 13.6. The first kappa shape index (κ1) is 17.0. The molecule has 23 heavy (non-hydrogen) atoms. The first-order valence-corrected chi connectivity index (χ1v) is 7.80. The summed E-state index contributed by atoms with van der Waals surface area (Å²) in [4.78, 5) is 28.0. The number of piperazine rings is 1. The van der Waals surface area contributed by atoms with Crippen LogP contribution < -0.4 is 5.32 Å². The molecule has 2 rings (SSSR count). The molecule has 1 aromatic rings. The molecule has 1 fully saturated rings. The second kappa shape index (κ2) is 7.75. The number of amides is 2. The van der Waals surface area contributed by atoms with Crippen molar-refractivity contribution in [2.24, 2.45) is 0 Å². The summed E-state index contributed by atoms with van der Waals surface area (Å²) < 4.78 is 0. The zero-order valence-electron chi connectivity index (χ0n) is 13.6. The van der Waals surface area contributed by atoms with E-state index < -0.39 is 0 Å². The van der Waals surface area contributed by atoms with Crippen LogP contribution in [-0.4, -0.2) is 60.4 Å². The first-order valence-electron chi connectivity index (χ1n) is 7.80. The van der Waals surface area contributed by atoms with Gasteiger partial charge in [-0.25, -0.2) is 0 Å². The fourth-order valence-electron chi connectivity index (χ4n) is 2.55. The normalized spacial score (nSPS) is 15.3. The van der Waals surface area contributed by atoms with Crippen LogP contribution in [0.15, 0.2) is 24.3 Å². The molecule has 0 unspecified atom stereocenters. The van der Waals surface area contributed by atoms with Crippen molar-refractivity contribution in [2.75, 3.05) is 32.7 Å². The third kappa shape index (κ3) is 4.80. The van der Waals surface area contributed by atoms with Gasteiger partial charge in [0.15, 0.2) is 0 Å². The maximum absolute atomic E-state index is 12.4. The highest BCUT2D eigenvalue weighted by Crippen LogP contribution is 2.10. The predicted octanol–water partition coefficient (Wildman–Crippen LogP) is 0.841. The number of rotatable bonds is 4. The fraction of sp³-hybridized carbons (Fsp3) is 0.471. The van der Waals surface area contributed by atoms with Gasteiger partial charge in [0.25, 0.3) is 5.91 Å². The molecule has 0 atom stereocenters. The molecule has 1 aliphatic heterocycles. The van der Waals surface area contributed by atoms with Gasteiger partial charge in [0.1, 0.15) is 0 Å². The number of benzene rings is 1. The zero-order chi connectivity index (χ0) is 16.8. The largest absolute Gasteiger partial charge is 0.353 e. The van der Waals surface area contributed by atoms with Crippen LogP contribution in [0.3, 0.4) is 0 Å². The third-order valence-electron chi connectivity index (χ3n) is 3.74. The minimum Gasteiger partial charge on any atom is -0.353 e. The highest BCUT2D eigenvalue weighted by molar-refractivity contribution is 5.94. The maximum Gasteiger partial charge on any atom is 0.253 e. The van der Waals surface area contributed by atoms with Crippen molar-refractivity contribution in [3.63, 3.8) is 0 Å². The number of nitriles is 1. The number of nitrogens with one attached hydrogen (secondary N) is 1. The Balaban J connectivity index is 1.85. The summed E-state index contributed by atoms with van der Waals surface area (Å²) in [5.74, 6) is -0.00681. The monoisotopic (exact) mass is 314 g/mol. The lowest BCUT2D eigenvalue weighted by Gasteiger charge is -2.34. The minimum atomic E-state index is -0.0271. The molecule has 1 aliphatic rings. The molecule has 1 N–H and O–H groups in total. The van der Waals surface area contributed by atoms with Crippen LogP contribution in [0.4, 0.5) is 0 Å². The van der Waals surface area contributed by atoms with E-state index in [-0.39, 0.29) is 17.9 Å². The Bertz CT molecular complexity index is 596. The summed E-state index contributed by atoms with van der Waals surface area (Å²) in [6.45, 7) is 6.83. The Hall–Kier alpha value is -2.39. The summed E-state index contributed by atoms with van der Waals surface area (Å²) >= 11 is 0. The van der Waals surface area contributed by atoms with Crippen molar-refractivity contribution >= 4 is 11.8 Å². The smallest absolute Gasteiger partial charge is 0.253 e. The second-order valence-corrected chi connectivity index (χ2v) is 5.98. The van der Waals surface area contributed by atoms with Gasteiger partial charge in [-0.1, -0.05) is 0 Å². The molecule has 1 heterocycles. The van der Waals surface area contributed by atoms with Gasteiger partial charge in [-0.3, -0.25) is 14.5 Å². The van der Waals surface area contributed by atoms with Crippen LogP contribution >= 0.6 is 0 Å². The number of hydrogen-bond acceptors (Lipinski definition) is 4. The maximum atomic E-state index is 12.4. The molecule has 122 valence electrons. The molecule has 6 nitrogen and oxygen atoms in total. The van der Waals surface area contributed by atoms with Gasteiger partial charge in [-0.05, 0) is 38.1 Å². The summed E-state index contributed by atoms with van der Waals surface area (Å²) in [5.41, 5.74) is 1.14. The van der Waals surface area contributed by atoms with Crippen LogP contribution in [-0.2, 0) is 4.79 Å². The van der Waals surface area contributed by atoms with E-state index in [1.54, 1.807) is 29.2 Å². The number of nitrogens with zero attached hydrogens (tertiary/aromatic N) is 3. The van der Waals surface area contributed by atoms with E-state index >= 15 is 0 Å². The van der Waals surface area contributed by atoms with E-state index in [1.807, 2.05) is 19.9 Å². The average molecular weight is 314 g/mol. The molecule has 0 saturated carbocycles. The molecular formula is C17H22N4O2. The SMILES string of the molecule is CC(C)NC(=O)CN1CCN(C(=O)c2ccc(C#N)cc2)CC1. The van der Waals surface area contributed by atoms with E-state index in [9.17, 15) is 9.59 Å². The molecule has 2 amide bonds. The van der Waals surface area contributed by atoms with Gasteiger partial charge in [-0.2, -0.15) is 5.26 Å². The minimum absolute atomic E-state index is 0.0202. The Morgan fingerprint density at radius 2 is 1.78 bits per heavy atom. The number of carbonyl (C=O) groups excluding carboxylic acids is 2. The van der Waals surface area contributed by atoms with Gasteiger partial charge < -0.3 is 10.2 Å². The van der Waals surface area contributed by atoms with E-state index in [2.05, 4.69) is 10.2 Å². The summed E-state index contributed by atoms with van der Waals surface area (Å²) in [5, 5.41) is 11.7. The van der Waals surface area contributed by atoms with Crippen LogP contribution in [0.2, 0.25) is 0 Å². The van der Waals surface area contributed by atoms with E-state index in [0.29, 0.717) is 43.9 Å². The van der Waals surface area contributed by atoms with Crippen molar-refractivity contribution in [3.8, 4) is 6.07 Å². The van der Waals surface area contributed by atoms with Gasteiger partial charge in [-0.15, -0.1) is 0 Å². The number of carbonyl (C=O) groups is 2. The molecule has 0 aromatic heterocycles. The van der Waals surface area contributed by atoms with Crippen molar-refractivity contribution < 1.29 is 9.59 Å². The van der Waals surface area contributed by atoms with Crippen molar-refractivity contribution in [1.82, 2.24) is 15.1 Å². The van der Waals surface area contributed by atoms with Crippen LogP contribution in [0, 0.1) is 11.3 Å². The predicted molar refractivity (Wildman–Crippen MR) is 86.8 cm³/mol. The topological polar surface area (TPSA) is 76.4 Å². The fourth-order valence-corrected chi connectivity index (χ4v) is 2.55.